The van der Waals surface area contributed by atoms with E-state index in [1.165, 1.54) is 15.9 Å². The van der Waals surface area contributed by atoms with Crippen molar-refractivity contribution in [1.29, 1.82) is 0 Å². The van der Waals surface area contributed by atoms with Crippen LogP contribution >= 0.6 is 11.3 Å². The van der Waals surface area contributed by atoms with Gasteiger partial charge in [-0.25, -0.2) is 4.98 Å². The van der Waals surface area contributed by atoms with Gasteiger partial charge in [0.25, 0.3) is 5.56 Å². The van der Waals surface area contributed by atoms with Gasteiger partial charge >= 0.3 is 5.97 Å². The first-order valence-electron chi connectivity index (χ1n) is 8.83. The minimum absolute atomic E-state index is 0.130. The third-order valence-electron chi connectivity index (χ3n) is 4.33. The minimum atomic E-state index is -0.420. The lowest BCUT2D eigenvalue weighted by atomic mass is 10.1. The maximum Gasteiger partial charge on any atom is 0.326 e. The Balaban J connectivity index is 1.99. The highest BCUT2D eigenvalue weighted by atomic mass is 32.1. The van der Waals surface area contributed by atoms with Gasteiger partial charge in [0.15, 0.2) is 0 Å². The molecule has 2 aromatic heterocycles. The number of hydrogen-bond donors (Lipinski definition) is 0. The van der Waals surface area contributed by atoms with Gasteiger partial charge in [-0.05, 0) is 31.0 Å². The number of benzene rings is 1. The van der Waals surface area contributed by atoms with Crippen molar-refractivity contribution >= 4 is 27.5 Å². The summed E-state index contributed by atoms with van der Waals surface area (Å²) in [6, 6.07) is 7.51. The van der Waals surface area contributed by atoms with Crippen molar-refractivity contribution in [2.75, 3.05) is 13.7 Å². The first-order valence-corrected chi connectivity index (χ1v) is 9.71. The van der Waals surface area contributed by atoms with Crippen LogP contribution in [0.25, 0.3) is 21.3 Å². The highest BCUT2D eigenvalue weighted by Gasteiger charge is 2.17. The average molecular weight is 386 g/mol. The number of aryl methyl sites for hydroxylation is 1. The molecule has 0 fully saturated rings. The van der Waals surface area contributed by atoms with Crippen LogP contribution in [0, 0.1) is 6.92 Å². The molecule has 0 amide bonds. The van der Waals surface area contributed by atoms with Gasteiger partial charge in [0.05, 0.1) is 19.1 Å². The van der Waals surface area contributed by atoms with Crippen LogP contribution in [-0.4, -0.2) is 29.2 Å². The second-order valence-corrected chi connectivity index (χ2v) is 7.04. The number of esters is 1. The van der Waals surface area contributed by atoms with E-state index in [1.54, 1.807) is 14.0 Å². The van der Waals surface area contributed by atoms with Crippen molar-refractivity contribution in [3.63, 3.8) is 0 Å². The molecule has 0 unspecified atom stereocenters. The largest absolute Gasteiger partial charge is 0.497 e. The number of fused-ring (bicyclic) bond motifs is 1. The highest BCUT2D eigenvalue weighted by Crippen LogP contribution is 2.31. The van der Waals surface area contributed by atoms with E-state index in [0.29, 0.717) is 22.6 Å². The second kappa shape index (κ2) is 8.35. The number of carbonyl (C=O) groups is 1. The van der Waals surface area contributed by atoms with E-state index in [-0.39, 0.29) is 12.1 Å². The zero-order chi connectivity index (χ0) is 19.4. The Labute approximate surface area is 161 Å². The topological polar surface area (TPSA) is 70.4 Å². The normalized spacial score (nSPS) is 10.9. The number of ether oxygens (including phenoxy) is 2. The molecule has 1 aromatic carbocycles. The fraction of sp³-hybridized carbons (Fsp3) is 0.350. The van der Waals surface area contributed by atoms with E-state index in [1.807, 2.05) is 36.6 Å². The zero-order valence-corrected chi connectivity index (χ0v) is 16.5. The molecule has 0 saturated heterocycles. The number of nitrogens with zero attached hydrogens (tertiary/aromatic N) is 2. The predicted octanol–water partition coefficient (Wildman–Crippen LogP) is 3.79. The molecule has 7 heteroatoms. The average Bonchev–Trinajstić information content (AvgIpc) is 3.09. The number of rotatable bonds is 7. The maximum absolute atomic E-state index is 13.1. The predicted molar refractivity (Wildman–Crippen MR) is 106 cm³/mol. The summed E-state index contributed by atoms with van der Waals surface area (Å²) in [4.78, 5) is 30.3. The van der Waals surface area contributed by atoms with Gasteiger partial charge in [0.1, 0.15) is 22.9 Å². The summed E-state index contributed by atoms with van der Waals surface area (Å²) < 4.78 is 11.8. The van der Waals surface area contributed by atoms with Gasteiger partial charge < -0.3 is 9.47 Å². The number of unbranched alkanes of at least 4 members (excludes halogenated alkanes) is 1. The van der Waals surface area contributed by atoms with E-state index < -0.39 is 5.97 Å². The molecule has 0 atom stereocenters. The van der Waals surface area contributed by atoms with Crippen molar-refractivity contribution in [1.82, 2.24) is 9.55 Å². The molecule has 0 saturated carbocycles. The van der Waals surface area contributed by atoms with Crippen LogP contribution < -0.4 is 10.3 Å². The molecule has 0 bridgehead atoms. The van der Waals surface area contributed by atoms with Crippen molar-refractivity contribution in [3.05, 3.63) is 45.8 Å². The molecule has 0 aliphatic heterocycles. The first-order chi connectivity index (χ1) is 13.0. The second-order valence-electron chi connectivity index (χ2n) is 6.18. The smallest absolute Gasteiger partial charge is 0.326 e. The molecule has 142 valence electrons. The fourth-order valence-corrected chi connectivity index (χ4v) is 3.78. The van der Waals surface area contributed by atoms with Crippen LogP contribution in [0.4, 0.5) is 0 Å². The van der Waals surface area contributed by atoms with Crippen molar-refractivity contribution in [2.24, 2.45) is 0 Å². The van der Waals surface area contributed by atoms with E-state index in [9.17, 15) is 9.59 Å². The number of methoxy groups -OCH3 is 1. The molecule has 0 N–H and O–H groups in total. The van der Waals surface area contributed by atoms with Crippen LogP contribution in [-0.2, 0) is 16.1 Å². The standard InChI is InChI=1S/C20H22N2O4S/c1-4-5-10-26-17(23)11-22-13(2)21-19-18(20(22)24)16(12-27-19)14-6-8-15(25-3)9-7-14/h6-9,12H,4-5,10-11H2,1-3H3. The van der Waals surface area contributed by atoms with Crippen LogP contribution in [0.5, 0.6) is 5.75 Å². The molecular weight excluding hydrogens is 364 g/mol. The quantitative estimate of drug-likeness (QED) is 0.456. The fourth-order valence-electron chi connectivity index (χ4n) is 2.80. The summed E-state index contributed by atoms with van der Waals surface area (Å²) in [5, 5.41) is 2.45. The Bertz CT molecular complexity index is 1010. The number of aromatic nitrogens is 2. The van der Waals surface area contributed by atoms with Crippen LogP contribution in [0.3, 0.4) is 0 Å². The van der Waals surface area contributed by atoms with E-state index in [4.69, 9.17) is 9.47 Å². The van der Waals surface area contributed by atoms with E-state index in [0.717, 1.165) is 29.7 Å². The molecule has 0 aliphatic rings. The summed E-state index contributed by atoms with van der Waals surface area (Å²) in [5.74, 6) is 0.832. The molecule has 0 aliphatic carbocycles. The molecule has 6 nitrogen and oxygen atoms in total. The molecule has 3 aromatic rings. The van der Waals surface area contributed by atoms with Crippen molar-refractivity contribution in [3.8, 4) is 16.9 Å². The van der Waals surface area contributed by atoms with Gasteiger partial charge in [-0.15, -0.1) is 11.3 Å². The summed E-state index contributed by atoms with van der Waals surface area (Å²) >= 11 is 1.42. The molecular formula is C20H22N2O4S. The Morgan fingerprint density at radius 3 is 2.67 bits per heavy atom. The lowest BCUT2D eigenvalue weighted by Crippen LogP contribution is -2.28. The third-order valence-corrected chi connectivity index (χ3v) is 5.21. The summed E-state index contributed by atoms with van der Waals surface area (Å²) in [7, 11) is 1.61. The van der Waals surface area contributed by atoms with Gasteiger partial charge in [-0.2, -0.15) is 0 Å². The van der Waals surface area contributed by atoms with Gasteiger partial charge in [-0.1, -0.05) is 25.5 Å². The Hall–Kier alpha value is -2.67. The maximum atomic E-state index is 13.1. The van der Waals surface area contributed by atoms with Crippen molar-refractivity contribution < 1.29 is 14.3 Å². The summed E-state index contributed by atoms with van der Waals surface area (Å²) in [5.41, 5.74) is 1.49. The summed E-state index contributed by atoms with van der Waals surface area (Å²) in [6.07, 6.45) is 1.75. The molecule has 3 rings (SSSR count). The molecule has 27 heavy (non-hydrogen) atoms. The van der Waals surface area contributed by atoms with Crippen LogP contribution in [0.15, 0.2) is 34.4 Å². The van der Waals surface area contributed by atoms with Gasteiger partial charge in [-0.3, -0.25) is 14.2 Å². The highest BCUT2D eigenvalue weighted by molar-refractivity contribution is 7.17. The Morgan fingerprint density at radius 2 is 2.00 bits per heavy atom. The molecule has 0 radical (unpaired) electrons. The van der Waals surface area contributed by atoms with Crippen LogP contribution in [0.1, 0.15) is 25.6 Å². The van der Waals surface area contributed by atoms with Gasteiger partial charge in [0, 0.05) is 10.9 Å². The summed E-state index contributed by atoms with van der Waals surface area (Å²) in [6.45, 7) is 3.99. The third kappa shape index (κ3) is 4.03. The van der Waals surface area contributed by atoms with Crippen molar-refractivity contribution in [2.45, 2.75) is 33.2 Å². The first kappa shape index (κ1) is 19.1. The van der Waals surface area contributed by atoms with Crippen LogP contribution in [0.2, 0.25) is 0 Å². The number of carbonyl (C=O) groups excluding carboxylic acids is 1. The minimum Gasteiger partial charge on any atom is -0.497 e. The Kier molecular flexibility index (Phi) is 5.91. The van der Waals surface area contributed by atoms with Gasteiger partial charge in [0.2, 0.25) is 0 Å². The van der Waals surface area contributed by atoms with E-state index in [2.05, 4.69) is 4.98 Å². The molecule has 0 spiro atoms. The monoisotopic (exact) mass is 386 g/mol. The molecule has 2 heterocycles. The SMILES string of the molecule is CCCCOC(=O)Cn1c(C)nc2scc(-c3ccc(OC)cc3)c2c1=O. The lowest BCUT2D eigenvalue weighted by Gasteiger charge is -2.10. The van der Waals surface area contributed by atoms with E-state index >= 15 is 0 Å². The number of thiophene rings is 1. The Morgan fingerprint density at radius 1 is 1.26 bits per heavy atom. The number of hydrogen-bond acceptors (Lipinski definition) is 6. The lowest BCUT2D eigenvalue weighted by molar-refractivity contribution is -0.144. The zero-order valence-electron chi connectivity index (χ0n) is 15.7.